The van der Waals surface area contributed by atoms with Crippen LogP contribution in [0.3, 0.4) is 0 Å². The van der Waals surface area contributed by atoms with Crippen molar-refractivity contribution in [1.82, 2.24) is 4.57 Å². The molecule has 0 fully saturated rings. The number of hydrogen-bond acceptors (Lipinski definition) is 3. The van der Waals surface area contributed by atoms with Gasteiger partial charge in [-0.25, -0.2) is 4.79 Å². The quantitative estimate of drug-likeness (QED) is 0.465. The molecule has 4 rings (SSSR count). The van der Waals surface area contributed by atoms with Crippen LogP contribution in [0.2, 0.25) is 5.02 Å². The van der Waals surface area contributed by atoms with E-state index < -0.39 is 5.97 Å². The van der Waals surface area contributed by atoms with Gasteiger partial charge < -0.3 is 9.30 Å². The van der Waals surface area contributed by atoms with Crippen molar-refractivity contribution >= 4 is 28.5 Å². The van der Waals surface area contributed by atoms with Crippen LogP contribution in [0.15, 0.2) is 89.7 Å². The molecular weight excluding hydrogens is 374 g/mol. The zero-order valence-corrected chi connectivity index (χ0v) is 15.6. The molecule has 5 heteroatoms. The summed E-state index contributed by atoms with van der Waals surface area (Å²) in [4.78, 5) is 25.3. The maximum atomic E-state index is 12.8. The van der Waals surface area contributed by atoms with Crippen molar-refractivity contribution in [3.63, 3.8) is 0 Å². The predicted molar refractivity (Wildman–Crippen MR) is 110 cm³/mol. The molecule has 0 radical (unpaired) electrons. The molecule has 0 bridgehead atoms. The predicted octanol–water partition coefficient (Wildman–Crippen LogP) is 4.92. The highest BCUT2D eigenvalue weighted by molar-refractivity contribution is 6.33. The van der Waals surface area contributed by atoms with Gasteiger partial charge in [0.25, 0.3) is 5.56 Å². The van der Waals surface area contributed by atoms with Gasteiger partial charge in [-0.15, -0.1) is 0 Å². The summed E-state index contributed by atoms with van der Waals surface area (Å²) < 4.78 is 7.21. The van der Waals surface area contributed by atoms with Crippen molar-refractivity contribution < 1.29 is 9.53 Å². The average Bonchev–Trinajstić information content (AvgIpc) is 2.72. The van der Waals surface area contributed by atoms with Gasteiger partial charge >= 0.3 is 5.97 Å². The van der Waals surface area contributed by atoms with Gasteiger partial charge in [0.2, 0.25) is 0 Å². The molecule has 3 aromatic carbocycles. The van der Waals surface area contributed by atoms with Crippen molar-refractivity contribution in [3.05, 3.63) is 111 Å². The second-order valence-electron chi connectivity index (χ2n) is 6.31. The molecule has 0 saturated heterocycles. The lowest BCUT2D eigenvalue weighted by molar-refractivity contribution is 0.0737. The molecule has 0 N–H and O–H groups in total. The van der Waals surface area contributed by atoms with E-state index in [4.69, 9.17) is 16.3 Å². The van der Waals surface area contributed by atoms with E-state index in [0.717, 1.165) is 5.56 Å². The van der Waals surface area contributed by atoms with E-state index >= 15 is 0 Å². The van der Waals surface area contributed by atoms with Gasteiger partial charge in [0.05, 0.1) is 22.6 Å². The summed E-state index contributed by atoms with van der Waals surface area (Å²) in [7, 11) is 0. The fraction of sp³-hybridized carbons (Fsp3) is 0.0435. The molecule has 4 aromatic rings. The Bertz CT molecular complexity index is 1220. The number of para-hydroxylation sites is 1. The molecule has 0 saturated carbocycles. The third-order valence-corrected chi connectivity index (χ3v) is 4.79. The van der Waals surface area contributed by atoms with Crippen LogP contribution < -0.4 is 10.3 Å². The number of nitrogens with zero attached hydrogens (tertiary/aromatic N) is 1. The Morgan fingerprint density at radius 2 is 1.57 bits per heavy atom. The molecule has 1 aromatic heterocycles. The summed E-state index contributed by atoms with van der Waals surface area (Å²) in [6.07, 6.45) is 0. The first-order valence-corrected chi connectivity index (χ1v) is 9.14. The molecule has 0 aliphatic heterocycles. The van der Waals surface area contributed by atoms with Crippen molar-refractivity contribution in [2.75, 3.05) is 0 Å². The first-order valence-electron chi connectivity index (χ1n) is 8.77. The van der Waals surface area contributed by atoms with Crippen molar-refractivity contribution in [2.45, 2.75) is 6.54 Å². The third kappa shape index (κ3) is 3.55. The average molecular weight is 390 g/mol. The highest BCUT2D eigenvalue weighted by atomic mass is 35.5. The minimum absolute atomic E-state index is 0.217. The van der Waals surface area contributed by atoms with E-state index in [1.165, 1.54) is 6.07 Å². The van der Waals surface area contributed by atoms with Gasteiger partial charge in [0.1, 0.15) is 5.75 Å². The Labute approximate surface area is 166 Å². The van der Waals surface area contributed by atoms with Gasteiger partial charge in [-0.2, -0.15) is 0 Å². The zero-order chi connectivity index (χ0) is 19.5. The molecule has 0 aliphatic carbocycles. The Kier molecular flexibility index (Phi) is 4.96. The van der Waals surface area contributed by atoms with Crippen LogP contribution in [0, 0.1) is 0 Å². The van der Waals surface area contributed by atoms with Crippen molar-refractivity contribution in [3.8, 4) is 5.75 Å². The monoisotopic (exact) mass is 389 g/mol. The lowest BCUT2D eigenvalue weighted by Crippen LogP contribution is -2.21. The molecule has 0 spiro atoms. The first kappa shape index (κ1) is 18.0. The highest BCUT2D eigenvalue weighted by Crippen LogP contribution is 2.26. The molecule has 0 aliphatic rings. The van der Waals surface area contributed by atoms with E-state index in [2.05, 4.69) is 0 Å². The lowest BCUT2D eigenvalue weighted by Gasteiger charge is -2.14. The van der Waals surface area contributed by atoms with E-state index in [9.17, 15) is 9.59 Å². The number of rotatable bonds is 4. The Morgan fingerprint density at radius 3 is 2.36 bits per heavy atom. The molecule has 1 heterocycles. The molecule has 0 amide bonds. The number of carbonyl (C=O) groups is 1. The fourth-order valence-electron chi connectivity index (χ4n) is 3.10. The number of benzene rings is 3. The molecule has 0 atom stereocenters. The summed E-state index contributed by atoms with van der Waals surface area (Å²) in [5, 5.41) is 0.979. The topological polar surface area (TPSA) is 48.3 Å². The summed E-state index contributed by atoms with van der Waals surface area (Å²) in [6.45, 7) is 0.429. The molecular formula is C23H16ClNO3. The van der Waals surface area contributed by atoms with Crippen LogP contribution in [0.4, 0.5) is 0 Å². The van der Waals surface area contributed by atoms with Crippen LogP contribution in [0.5, 0.6) is 5.75 Å². The number of halogens is 1. The van der Waals surface area contributed by atoms with Crippen LogP contribution in [0.1, 0.15) is 15.9 Å². The number of carbonyl (C=O) groups excluding carboxylic acids is 1. The molecule has 0 unspecified atom stereocenters. The van der Waals surface area contributed by atoms with Crippen LogP contribution in [-0.2, 0) is 6.54 Å². The van der Waals surface area contributed by atoms with E-state index in [-0.39, 0.29) is 16.9 Å². The van der Waals surface area contributed by atoms with Crippen LogP contribution in [0.25, 0.3) is 10.9 Å². The number of pyridine rings is 1. The Balaban J connectivity index is 1.77. The largest absolute Gasteiger partial charge is 0.422 e. The van der Waals surface area contributed by atoms with Gasteiger partial charge in [-0.1, -0.05) is 66.2 Å². The minimum Gasteiger partial charge on any atom is -0.422 e. The third-order valence-electron chi connectivity index (χ3n) is 4.46. The number of ether oxygens (including phenoxy) is 1. The molecule has 4 nitrogen and oxygen atoms in total. The number of hydrogen-bond donors (Lipinski definition) is 0. The summed E-state index contributed by atoms with van der Waals surface area (Å²) in [6, 6.07) is 25.1. The van der Waals surface area contributed by atoms with Gasteiger partial charge in [0.15, 0.2) is 0 Å². The summed E-state index contributed by atoms with van der Waals surface area (Å²) in [5.41, 5.74) is 1.71. The lowest BCUT2D eigenvalue weighted by atomic mass is 10.1. The van der Waals surface area contributed by atoms with Crippen molar-refractivity contribution in [1.29, 1.82) is 0 Å². The van der Waals surface area contributed by atoms with Gasteiger partial charge in [-0.3, -0.25) is 4.79 Å². The van der Waals surface area contributed by atoms with Crippen LogP contribution >= 0.6 is 11.6 Å². The Hall–Kier alpha value is -3.37. The first-order chi connectivity index (χ1) is 13.6. The summed E-state index contributed by atoms with van der Waals surface area (Å²) >= 11 is 6.08. The highest BCUT2D eigenvalue weighted by Gasteiger charge is 2.16. The second-order valence-corrected chi connectivity index (χ2v) is 6.71. The van der Waals surface area contributed by atoms with E-state index in [0.29, 0.717) is 22.5 Å². The van der Waals surface area contributed by atoms with Gasteiger partial charge in [0, 0.05) is 11.5 Å². The minimum atomic E-state index is -0.601. The smallest absolute Gasteiger partial charge is 0.345 e. The molecule has 138 valence electrons. The van der Waals surface area contributed by atoms with Crippen LogP contribution in [-0.4, -0.2) is 10.5 Å². The number of aromatic nitrogens is 1. The molecule has 28 heavy (non-hydrogen) atoms. The maximum Gasteiger partial charge on any atom is 0.345 e. The zero-order valence-electron chi connectivity index (χ0n) is 14.8. The normalized spacial score (nSPS) is 10.8. The van der Waals surface area contributed by atoms with E-state index in [1.807, 2.05) is 54.6 Å². The number of esters is 1. The standard InChI is InChI=1S/C23H16ClNO3/c24-19-12-6-4-10-17(19)23(27)28-21-14-22(26)25(15-16-8-2-1-3-9-16)20-13-7-5-11-18(20)21/h1-14H,15H2. The van der Waals surface area contributed by atoms with Crippen molar-refractivity contribution in [2.24, 2.45) is 0 Å². The maximum absolute atomic E-state index is 12.8. The Morgan fingerprint density at radius 1 is 0.893 bits per heavy atom. The van der Waals surface area contributed by atoms with Gasteiger partial charge in [-0.05, 0) is 29.8 Å². The fourth-order valence-corrected chi connectivity index (χ4v) is 3.31. The summed E-state index contributed by atoms with van der Waals surface area (Å²) in [5.74, 6) is -0.384. The van der Waals surface area contributed by atoms with E-state index in [1.54, 1.807) is 28.8 Å². The SMILES string of the molecule is O=C(Oc1cc(=O)n(Cc2ccccc2)c2ccccc12)c1ccccc1Cl. The second kappa shape index (κ2) is 7.71. The number of fused-ring (bicyclic) bond motifs is 1.